The number of sulfonamides is 1. The average molecular weight is 570 g/mol. The van der Waals surface area contributed by atoms with Gasteiger partial charge in [0.1, 0.15) is 12.6 Å². The van der Waals surface area contributed by atoms with Crippen LogP contribution in [0.5, 0.6) is 0 Å². The Morgan fingerprint density at radius 1 is 0.897 bits per heavy atom. The van der Waals surface area contributed by atoms with E-state index in [1.54, 1.807) is 44.2 Å². The fraction of sp³-hybridized carbons (Fsp3) is 0.333. The number of nitrogens with one attached hydrogen (secondary N) is 1. The highest BCUT2D eigenvalue weighted by Gasteiger charge is 2.33. The molecule has 9 heteroatoms. The third-order valence-corrected chi connectivity index (χ3v) is 8.78. The van der Waals surface area contributed by atoms with Gasteiger partial charge < -0.3 is 10.2 Å². The first kappa shape index (κ1) is 30.2. The van der Waals surface area contributed by atoms with Gasteiger partial charge in [0.05, 0.1) is 10.6 Å². The largest absolute Gasteiger partial charge is 0.352 e. The minimum Gasteiger partial charge on any atom is -0.352 e. The Balaban J connectivity index is 2.09. The Kier molecular flexibility index (Phi) is 9.80. The van der Waals surface area contributed by atoms with Crippen molar-refractivity contribution in [2.45, 2.75) is 65.1 Å². The minimum absolute atomic E-state index is 0.0522. The van der Waals surface area contributed by atoms with Crippen LogP contribution in [0.1, 0.15) is 43.0 Å². The van der Waals surface area contributed by atoms with Gasteiger partial charge in [0.25, 0.3) is 10.0 Å². The molecule has 0 aliphatic rings. The normalized spacial score (nSPS) is 12.2. The molecular weight excluding hydrogens is 534 g/mol. The van der Waals surface area contributed by atoms with Gasteiger partial charge in [-0.2, -0.15) is 0 Å². The molecule has 0 spiro atoms. The van der Waals surface area contributed by atoms with Crippen LogP contribution in [0.4, 0.5) is 5.69 Å². The van der Waals surface area contributed by atoms with E-state index in [1.807, 2.05) is 52.0 Å². The Hall–Kier alpha value is -3.36. The second-order valence-corrected chi connectivity index (χ2v) is 12.3. The van der Waals surface area contributed by atoms with E-state index in [-0.39, 0.29) is 23.4 Å². The molecule has 2 amide bonds. The number of hydrogen-bond donors (Lipinski definition) is 1. The van der Waals surface area contributed by atoms with Crippen LogP contribution in [0, 0.1) is 20.8 Å². The molecule has 208 valence electrons. The standard InChI is InChI=1S/C30H36ClN3O4S/c1-20(2)32-30(36)24(6)33(18-25-11-8-7-10-22(25)4)29(35)19-34(28-13-9-12-27(31)23(28)5)39(37,38)26-16-14-21(3)15-17-26/h7-17,20,24H,18-19H2,1-6H3,(H,32,36)/t24-/m1/s1. The van der Waals surface area contributed by atoms with Crippen molar-refractivity contribution in [3.63, 3.8) is 0 Å². The molecule has 0 aliphatic carbocycles. The minimum atomic E-state index is -4.16. The van der Waals surface area contributed by atoms with Gasteiger partial charge in [-0.25, -0.2) is 8.42 Å². The van der Waals surface area contributed by atoms with Gasteiger partial charge in [-0.05, 0) is 82.5 Å². The summed E-state index contributed by atoms with van der Waals surface area (Å²) in [5, 5.41) is 3.24. The number of nitrogens with zero attached hydrogens (tertiary/aromatic N) is 2. The first-order valence-electron chi connectivity index (χ1n) is 12.8. The molecule has 0 saturated heterocycles. The van der Waals surface area contributed by atoms with Gasteiger partial charge in [-0.1, -0.05) is 59.6 Å². The summed E-state index contributed by atoms with van der Waals surface area (Å²) in [6.07, 6.45) is 0. The third kappa shape index (κ3) is 7.19. The van der Waals surface area contributed by atoms with E-state index in [9.17, 15) is 18.0 Å². The zero-order chi connectivity index (χ0) is 28.9. The lowest BCUT2D eigenvalue weighted by atomic mass is 10.1. The first-order chi connectivity index (χ1) is 18.3. The van der Waals surface area contributed by atoms with Crippen molar-refractivity contribution in [3.05, 3.63) is 94.0 Å². The van der Waals surface area contributed by atoms with Crippen molar-refractivity contribution < 1.29 is 18.0 Å². The molecule has 0 unspecified atom stereocenters. The van der Waals surface area contributed by atoms with Gasteiger partial charge in [-0.3, -0.25) is 13.9 Å². The van der Waals surface area contributed by atoms with Crippen LogP contribution in [-0.4, -0.2) is 43.8 Å². The second kappa shape index (κ2) is 12.7. The van der Waals surface area contributed by atoms with Gasteiger partial charge in [0.2, 0.25) is 11.8 Å². The molecule has 0 saturated carbocycles. The monoisotopic (exact) mass is 569 g/mol. The highest BCUT2D eigenvalue weighted by atomic mass is 35.5. The Bertz CT molecular complexity index is 1440. The van der Waals surface area contributed by atoms with Crippen LogP contribution in [0.2, 0.25) is 5.02 Å². The second-order valence-electron chi connectivity index (χ2n) is 10.00. The topological polar surface area (TPSA) is 86.8 Å². The Morgan fingerprint density at radius 2 is 1.54 bits per heavy atom. The number of rotatable bonds is 10. The number of carbonyl (C=O) groups excluding carboxylic acids is 2. The Labute approximate surface area is 236 Å². The van der Waals surface area contributed by atoms with Crippen molar-refractivity contribution in [1.29, 1.82) is 0 Å². The summed E-state index contributed by atoms with van der Waals surface area (Å²) >= 11 is 6.37. The molecule has 1 N–H and O–H groups in total. The molecule has 7 nitrogen and oxygen atoms in total. The third-order valence-electron chi connectivity index (χ3n) is 6.60. The van der Waals surface area contributed by atoms with E-state index in [2.05, 4.69) is 5.32 Å². The van der Waals surface area contributed by atoms with Crippen LogP contribution >= 0.6 is 11.6 Å². The number of carbonyl (C=O) groups is 2. The fourth-order valence-electron chi connectivity index (χ4n) is 4.18. The molecule has 0 aliphatic heterocycles. The van der Waals surface area contributed by atoms with Gasteiger partial charge >= 0.3 is 0 Å². The summed E-state index contributed by atoms with van der Waals surface area (Å²) in [7, 11) is -4.16. The van der Waals surface area contributed by atoms with Crippen LogP contribution < -0.4 is 9.62 Å². The van der Waals surface area contributed by atoms with Gasteiger partial charge in [0, 0.05) is 17.6 Å². The lowest BCUT2D eigenvalue weighted by Crippen LogP contribution is -2.52. The summed E-state index contributed by atoms with van der Waals surface area (Å²) in [4.78, 5) is 28.5. The van der Waals surface area contributed by atoms with E-state index >= 15 is 0 Å². The molecule has 0 radical (unpaired) electrons. The highest BCUT2D eigenvalue weighted by molar-refractivity contribution is 7.92. The van der Waals surface area contributed by atoms with E-state index in [1.165, 1.54) is 17.0 Å². The number of aryl methyl sites for hydroxylation is 2. The van der Waals surface area contributed by atoms with E-state index in [0.717, 1.165) is 21.0 Å². The maximum atomic E-state index is 14.0. The number of halogens is 1. The average Bonchev–Trinajstić information content (AvgIpc) is 2.88. The molecule has 0 bridgehead atoms. The summed E-state index contributed by atoms with van der Waals surface area (Å²) < 4.78 is 29.0. The summed E-state index contributed by atoms with van der Waals surface area (Å²) in [5.74, 6) is -0.835. The van der Waals surface area contributed by atoms with E-state index < -0.39 is 28.5 Å². The molecular formula is C30H36ClN3O4S. The SMILES string of the molecule is Cc1ccc(S(=O)(=O)N(CC(=O)N(Cc2ccccc2C)[C@H](C)C(=O)NC(C)C)c2cccc(Cl)c2C)cc1. The molecule has 3 rings (SSSR count). The van der Waals surface area contributed by atoms with Crippen molar-refractivity contribution in [2.24, 2.45) is 0 Å². The van der Waals surface area contributed by atoms with Gasteiger partial charge in [-0.15, -0.1) is 0 Å². The maximum Gasteiger partial charge on any atom is 0.264 e. The molecule has 0 aromatic heterocycles. The highest BCUT2D eigenvalue weighted by Crippen LogP contribution is 2.31. The molecule has 39 heavy (non-hydrogen) atoms. The van der Waals surface area contributed by atoms with Crippen LogP contribution in [0.25, 0.3) is 0 Å². The van der Waals surface area contributed by atoms with Crippen molar-refractivity contribution in [3.8, 4) is 0 Å². The zero-order valence-electron chi connectivity index (χ0n) is 23.2. The zero-order valence-corrected chi connectivity index (χ0v) is 24.8. The van der Waals surface area contributed by atoms with Crippen molar-refractivity contribution >= 4 is 39.1 Å². The molecule has 0 heterocycles. The van der Waals surface area contributed by atoms with E-state index in [0.29, 0.717) is 16.3 Å². The lowest BCUT2D eigenvalue weighted by molar-refractivity contribution is -0.139. The maximum absolute atomic E-state index is 14.0. The fourth-order valence-corrected chi connectivity index (χ4v) is 5.82. The van der Waals surface area contributed by atoms with E-state index in [4.69, 9.17) is 11.6 Å². The Morgan fingerprint density at radius 3 is 2.15 bits per heavy atom. The summed E-state index contributed by atoms with van der Waals surface area (Å²) in [5.41, 5.74) is 3.55. The first-order valence-corrected chi connectivity index (χ1v) is 14.6. The predicted octanol–water partition coefficient (Wildman–Crippen LogP) is 5.40. The quantitative estimate of drug-likeness (QED) is 0.354. The van der Waals surface area contributed by atoms with Crippen LogP contribution in [0.15, 0.2) is 71.6 Å². The lowest BCUT2D eigenvalue weighted by Gasteiger charge is -2.33. The van der Waals surface area contributed by atoms with Crippen LogP contribution in [-0.2, 0) is 26.2 Å². The smallest absolute Gasteiger partial charge is 0.264 e. The van der Waals surface area contributed by atoms with Gasteiger partial charge in [0.15, 0.2) is 0 Å². The number of benzene rings is 3. The van der Waals surface area contributed by atoms with Crippen molar-refractivity contribution in [2.75, 3.05) is 10.8 Å². The molecule has 0 fully saturated rings. The van der Waals surface area contributed by atoms with Crippen molar-refractivity contribution in [1.82, 2.24) is 10.2 Å². The number of hydrogen-bond acceptors (Lipinski definition) is 4. The predicted molar refractivity (Wildman–Crippen MR) is 156 cm³/mol. The van der Waals surface area contributed by atoms with Crippen LogP contribution in [0.3, 0.4) is 0 Å². The number of amides is 2. The summed E-state index contributed by atoms with van der Waals surface area (Å²) in [6.45, 7) is 10.5. The molecule has 3 aromatic rings. The molecule has 3 aromatic carbocycles. The summed E-state index contributed by atoms with van der Waals surface area (Å²) in [6, 6.07) is 18.0. The molecule has 1 atom stereocenters. The number of anilines is 1.